The summed E-state index contributed by atoms with van der Waals surface area (Å²) in [6, 6.07) is 0. The van der Waals surface area contributed by atoms with Crippen LogP contribution in [0.15, 0.2) is 12.3 Å². The van der Waals surface area contributed by atoms with E-state index in [1.54, 1.807) is 6.26 Å². The lowest BCUT2D eigenvalue weighted by molar-refractivity contribution is 0.279. The van der Waals surface area contributed by atoms with Crippen molar-refractivity contribution in [2.24, 2.45) is 0 Å². The molecule has 0 aliphatic heterocycles. The summed E-state index contributed by atoms with van der Waals surface area (Å²) < 4.78 is 4.92. The highest BCUT2D eigenvalue weighted by Crippen LogP contribution is 2.11. The SMILES string of the molecule is CCC/C=C/OC[C](Cl)Cl. The molecular weight excluding hydrogens is 171 g/mol. The van der Waals surface area contributed by atoms with Gasteiger partial charge in [0.1, 0.15) is 6.61 Å². The first-order valence-electron chi connectivity index (χ1n) is 3.20. The molecule has 0 aromatic heterocycles. The van der Waals surface area contributed by atoms with E-state index in [2.05, 4.69) is 6.92 Å². The molecule has 0 spiro atoms. The third kappa shape index (κ3) is 8.12. The van der Waals surface area contributed by atoms with Gasteiger partial charge in [0.05, 0.1) is 6.26 Å². The Kier molecular flexibility index (Phi) is 7.32. The van der Waals surface area contributed by atoms with Crippen molar-refractivity contribution in [2.45, 2.75) is 19.8 Å². The van der Waals surface area contributed by atoms with Crippen LogP contribution in [0.4, 0.5) is 0 Å². The molecule has 10 heavy (non-hydrogen) atoms. The van der Waals surface area contributed by atoms with Crippen LogP contribution in [0.25, 0.3) is 0 Å². The van der Waals surface area contributed by atoms with Gasteiger partial charge >= 0.3 is 0 Å². The van der Waals surface area contributed by atoms with Gasteiger partial charge in [-0.1, -0.05) is 36.5 Å². The molecule has 0 heterocycles. The van der Waals surface area contributed by atoms with E-state index < -0.39 is 0 Å². The third-order valence-electron chi connectivity index (χ3n) is 0.840. The Bertz CT molecular complexity index is 91.6. The molecule has 0 amide bonds. The Morgan fingerprint density at radius 1 is 1.50 bits per heavy atom. The Balaban J connectivity index is 3.02. The van der Waals surface area contributed by atoms with E-state index in [-0.39, 0.29) is 11.4 Å². The maximum absolute atomic E-state index is 5.31. The molecule has 1 nitrogen and oxygen atoms in total. The van der Waals surface area contributed by atoms with Crippen molar-refractivity contribution in [1.29, 1.82) is 0 Å². The van der Waals surface area contributed by atoms with E-state index in [9.17, 15) is 0 Å². The van der Waals surface area contributed by atoms with Crippen LogP contribution in [-0.4, -0.2) is 6.61 Å². The van der Waals surface area contributed by atoms with Gasteiger partial charge < -0.3 is 4.74 Å². The minimum absolute atomic E-state index is 0.251. The highest BCUT2D eigenvalue weighted by atomic mass is 35.5. The lowest BCUT2D eigenvalue weighted by Crippen LogP contribution is -1.88. The lowest BCUT2D eigenvalue weighted by atomic mass is 10.3. The maximum atomic E-state index is 5.31. The van der Waals surface area contributed by atoms with E-state index >= 15 is 0 Å². The van der Waals surface area contributed by atoms with Crippen LogP contribution in [0, 0.1) is 4.84 Å². The molecular formula is C7H11Cl2O. The minimum Gasteiger partial charge on any atom is -0.498 e. The van der Waals surface area contributed by atoms with Gasteiger partial charge in [0.2, 0.25) is 0 Å². The average Bonchev–Trinajstić information content (AvgIpc) is 1.87. The molecule has 0 saturated carbocycles. The van der Waals surface area contributed by atoms with Crippen LogP contribution in [0.3, 0.4) is 0 Å². The molecule has 0 unspecified atom stereocenters. The minimum atomic E-state index is 0.251. The zero-order valence-corrected chi connectivity index (χ0v) is 7.45. The number of rotatable bonds is 5. The fraction of sp³-hybridized carbons (Fsp3) is 0.571. The van der Waals surface area contributed by atoms with E-state index in [0.717, 1.165) is 12.8 Å². The summed E-state index contributed by atoms with van der Waals surface area (Å²) in [4.78, 5) is 0.251. The first-order chi connectivity index (χ1) is 4.77. The second-order valence-corrected chi connectivity index (χ2v) is 2.92. The molecule has 0 aromatic carbocycles. The summed E-state index contributed by atoms with van der Waals surface area (Å²) >= 11 is 10.6. The average molecular weight is 182 g/mol. The number of hydrogen-bond donors (Lipinski definition) is 0. The largest absolute Gasteiger partial charge is 0.498 e. The van der Waals surface area contributed by atoms with E-state index in [1.807, 2.05) is 6.08 Å². The van der Waals surface area contributed by atoms with Gasteiger partial charge in [-0.05, 0) is 12.5 Å². The molecule has 0 aliphatic rings. The standard InChI is InChI=1S/C7H11Cl2O/c1-2-3-4-5-10-6-7(8)9/h4-5H,2-3,6H2,1H3/b5-4+. The highest BCUT2D eigenvalue weighted by molar-refractivity contribution is 6.52. The lowest BCUT2D eigenvalue weighted by Gasteiger charge is -1.97. The van der Waals surface area contributed by atoms with Gasteiger partial charge in [0.25, 0.3) is 0 Å². The van der Waals surface area contributed by atoms with E-state index in [1.165, 1.54) is 0 Å². The van der Waals surface area contributed by atoms with Gasteiger partial charge in [-0.15, -0.1) is 0 Å². The Morgan fingerprint density at radius 3 is 2.70 bits per heavy atom. The van der Waals surface area contributed by atoms with Crippen LogP contribution < -0.4 is 0 Å². The fourth-order valence-electron chi connectivity index (χ4n) is 0.414. The number of ether oxygens (including phenoxy) is 1. The van der Waals surface area contributed by atoms with E-state index in [4.69, 9.17) is 27.9 Å². The van der Waals surface area contributed by atoms with Crippen molar-refractivity contribution in [3.8, 4) is 0 Å². The molecule has 0 atom stereocenters. The Labute approximate surface area is 72.0 Å². The summed E-state index contributed by atoms with van der Waals surface area (Å²) in [5.41, 5.74) is 0. The van der Waals surface area contributed by atoms with Gasteiger partial charge in [-0.25, -0.2) is 0 Å². The summed E-state index contributed by atoms with van der Waals surface area (Å²) in [5, 5.41) is 0. The topological polar surface area (TPSA) is 9.23 Å². The molecule has 1 radical (unpaired) electrons. The Morgan fingerprint density at radius 2 is 2.20 bits per heavy atom. The third-order valence-corrected chi connectivity index (χ3v) is 1.06. The molecule has 0 N–H and O–H groups in total. The zero-order chi connectivity index (χ0) is 7.82. The first kappa shape index (κ1) is 10.1. The second kappa shape index (κ2) is 7.23. The monoisotopic (exact) mass is 181 g/mol. The quantitative estimate of drug-likeness (QED) is 0.592. The second-order valence-electron chi connectivity index (χ2n) is 1.81. The molecule has 0 aromatic rings. The predicted molar refractivity (Wildman–Crippen MR) is 44.9 cm³/mol. The summed E-state index contributed by atoms with van der Waals surface area (Å²) in [7, 11) is 0. The van der Waals surface area contributed by atoms with Crippen molar-refractivity contribution < 1.29 is 4.74 Å². The van der Waals surface area contributed by atoms with Gasteiger partial charge in [-0.2, -0.15) is 0 Å². The fourth-order valence-corrected chi connectivity index (χ4v) is 0.540. The van der Waals surface area contributed by atoms with Crippen molar-refractivity contribution in [3.05, 3.63) is 17.2 Å². The summed E-state index contributed by atoms with van der Waals surface area (Å²) in [6.45, 7) is 2.38. The molecule has 0 saturated heterocycles. The van der Waals surface area contributed by atoms with Gasteiger partial charge in [0.15, 0.2) is 4.84 Å². The smallest absolute Gasteiger partial charge is 0.187 e. The highest BCUT2D eigenvalue weighted by Gasteiger charge is 1.96. The number of allylic oxidation sites excluding steroid dienone is 1. The van der Waals surface area contributed by atoms with Crippen LogP contribution in [0.2, 0.25) is 0 Å². The van der Waals surface area contributed by atoms with Crippen molar-refractivity contribution in [2.75, 3.05) is 6.61 Å². The first-order valence-corrected chi connectivity index (χ1v) is 3.96. The van der Waals surface area contributed by atoms with Crippen molar-refractivity contribution >= 4 is 23.2 Å². The van der Waals surface area contributed by atoms with Gasteiger partial charge in [0, 0.05) is 0 Å². The molecule has 0 fully saturated rings. The molecule has 3 heteroatoms. The maximum Gasteiger partial charge on any atom is 0.187 e. The Hall–Kier alpha value is 0.120. The van der Waals surface area contributed by atoms with Crippen molar-refractivity contribution in [3.63, 3.8) is 0 Å². The number of hydrogen-bond acceptors (Lipinski definition) is 1. The van der Waals surface area contributed by atoms with Crippen LogP contribution in [0.1, 0.15) is 19.8 Å². The normalized spacial score (nSPS) is 11.2. The van der Waals surface area contributed by atoms with Crippen LogP contribution in [-0.2, 0) is 4.74 Å². The molecule has 59 valence electrons. The summed E-state index contributed by atoms with van der Waals surface area (Å²) in [6.07, 6.45) is 5.71. The molecule has 0 bridgehead atoms. The van der Waals surface area contributed by atoms with Crippen LogP contribution >= 0.6 is 23.2 Å². The number of unbranched alkanes of at least 4 members (excludes halogenated alkanes) is 1. The van der Waals surface area contributed by atoms with Crippen LogP contribution in [0.5, 0.6) is 0 Å². The number of halogens is 2. The molecule has 0 rings (SSSR count). The zero-order valence-electron chi connectivity index (χ0n) is 5.94. The predicted octanol–water partition coefficient (Wildman–Crippen LogP) is 3.28. The van der Waals surface area contributed by atoms with E-state index in [0.29, 0.717) is 0 Å². The van der Waals surface area contributed by atoms with Crippen molar-refractivity contribution in [1.82, 2.24) is 0 Å². The summed E-state index contributed by atoms with van der Waals surface area (Å²) in [5.74, 6) is 0. The van der Waals surface area contributed by atoms with Gasteiger partial charge in [-0.3, -0.25) is 0 Å². The molecule has 0 aliphatic carbocycles.